The van der Waals surface area contributed by atoms with E-state index in [0.717, 1.165) is 19.6 Å². The van der Waals surface area contributed by atoms with Gasteiger partial charge < -0.3 is 5.73 Å². The lowest BCUT2D eigenvalue weighted by atomic mass is 9.93. The lowest BCUT2D eigenvalue weighted by Crippen LogP contribution is -2.42. The van der Waals surface area contributed by atoms with Crippen molar-refractivity contribution in [3.05, 3.63) is 30.1 Å². The highest BCUT2D eigenvalue weighted by Gasteiger charge is 2.27. The van der Waals surface area contributed by atoms with Crippen LogP contribution in [0.3, 0.4) is 0 Å². The molecule has 1 saturated carbocycles. The first-order valence-electron chi connectivity index (χ1n) is 7.69. The molecule has 2 atom stereocenters. The van der Waals surface area contributed by atoms with E-state index < -0.39 is 0 Å². The summed E-state index contributed by atoms with van der Waals surface area (Å²) in [7, 11) is 0. The van der Waals surface area contributed by atoms with Crippen LogP contribution in [0.2, 0.25) is 0 Å². The van der Waals surface area contributed by atoms with Crippen LogP contribution in [0.1, 0.15) is 44.7 Å². The van der Waals surface area contributed by atoms with Gasteiger partial charge in [-0.05, 0) is 44.0 Å². The van der Waals surface area contributed by atoms with Crippen molar-refractivity contribution in [2.75, 3.05) is 13.1 Å². The van der Waals surface area contributed by atoms with Gasteiger partial charge in [-0.25, -0.2) is 0 Å². The zero-order valence-corrected chi connectivity index (χ0v) is 12.1. The maximum atomic E-state index is 6.01. The fourth-order valence-corrected chi connectivity index (χ4v) is 3.28. The molecule has 1 aliphatic rings. The number of hydrogen-bond donors (Lipinski definition) is 1. The van der Waals surface area contributed by atoms with Gasteiger partial charge in [-0.15, -0.1) is 0 Å². The second kappa shape index (κ2) is 7.61. The fourth-order valence-electron chi connectivity index (χ4n) is 3.28. The summed E-state index contributed by atoms with van der Waals surface area (Å²) in [5.41, 5.74) is 7.18. The minimum atomic E-state index is 0.638. The molecule has 19 heavy (non-hydrogen) atoms. The number of rotatable bonds is 5. The summed E-state index contributed by atoms with van der Waals surface area (Å²) >= 11 is 0. The van der Waals surface area contributed by atoms with Crippen molar-refractivity contribution >= 4 is 0 Å². The molecular formula is C16H27N3. The average Bonchev–Trinajstić information content (AvgIpc) is 2.71. The van der Waals surface area contributed by atoms with Crippen LogP contribution in [0.25, 0.3) is 0 Å². The molecule has 106 valence electrons. The van der Waals surface area contributed by atoms with E-state index in [1.165, 1.54) is 37.8 Å². The largest absolute Gasteiger partial charge is 0.330 e. The lowest BCUT2D eigenvalue weighted by Gasteiger charge is -2.35. The van der Waals surface area contributed by atoms with Gasteiger partial charge >= 0.3 is 0 Å². The Balaban J connectivity index is 2.05. The number of nitrogens with zero attached hydrogens (tertiary/aromatic N) is 2. The van der Waals surface area contributed by atoms with Gasteiger partial charge in [-0.1, -0.05) is 32.3 Å². The minimum Gasteiger partial charge on any atom is -0.330 e. The van der Waals surface area contributed by atoms with E-state index in [2.05, 4.69) is 28.9 Å². The quantitative estimate of drug-likeness (QED) is 0.829. The Morgan fingerprint density at radius 3 is 2.79 bits per heavy atom. The van der Waals surface area contributed by atoms with Gasteiger partial charge in [0, 0.05) is 18.8 Å². The first-order valence-corrected chi connectivity index (χ1v) is 7.69. The van der Waals surface area contributed by atoms with Crippen molar-refractivity contribution in [2.45, 2.75) is 51.6 Å². The molecule has 0 aliphatic heterocycles. The molecule has 2 rings (SSSR count). The van der Waals surface area contributed by atoms with E-state index >= 15 is 0 Å². The van der Waals surface area contributed by atoms with E-state index in [4.69, 9.17) is 5.73 Å². The molecule has 0 radical (unpaired) electrons. The summed E-state index contributed by atoms with van der Waals surface area (Å²) in [5.74, 6) is 0.658. The highest BCUT2D eigenvalue weighted by Crippen LogP contribution is 2.27. The molecule has 1 aliphatic carbocycles. The Morgan fingerprint density at radius 2 is 2.11 bits per heavy atom. The molecule has 2 N–H and O–H groups in total. The third-order valence-corrected chi connectivity index (χ3v) is 4.39. The van der Waals surface area contributed by atoms with Gasteiger partial charge in [-0.2, -0.15) is 0 Å². The van der Waals surface area contributed by atoms with Gasteiger partial charge in [-0.3, -0.25) is 9.88 Å². The number of hydrogen-bond acceptors (Lipinski definition) is 3. The monoisotopic (exact) mass is 261 g/mol. The van der Waals surface area contributed by atoms with E-state index in [-0.39, 0.29) is 0 Å². The van der Waals surface area contributed by atoms with E-state index in [0.29, 0.717) is 12.0 Å². The molecule has 0 aromatic carbocycles. The van der Waals surface area contributed by atoms with Crippen molar-refractivity contribution in [1.82, 2.24) is 9.88 Å². The number of nitrogens with two attached hydrogens (primary N) is 1. The first kappa shape index (κ1) is 14.5. The smallest absolute Gasteiger partial charge is 0.0544 e. The summed E-state index contributed by atoms with van der Waals surface area (Å²) in [5, 5.41) is 0. The Kier molecular flexibility index (Phi) is 5.80. The highest BCUT2D eigenvalue weighted by molar-refractivity contribution is 5.03. The van der Waals surface area contributed by atoms with Crippen LogP contribution >= 0.6 is 0 Å². The molecular weight excluding hydrogens is 234 g/mol. The maximum absolute atomic E-state index is 6.01. The predicted molar refractivity (Wildman–Crippen MR) is 79.7 cm³/mol. The lowest BCUT2D eigenvalue weighted by molar-refractivity contribution is 0.133. The van der Waals surface area contributed by atoms with Crippen molar-refractivity contribution in [3.8, 4) is 0 Å². The Bertz CT molecular complexity index is 352. The van der Waals surface area contributed by atoms with Crippen LogP contribution in [0, 0.1) is 5.92 Å². The second-order valence-electron chi connectivity index (χ2n) is 5.59. The van der Waals surface area contributed by atoms with E-state index in [1.54, 1.807) is 0 Å². The normalized spacial score (nSPS) is 24.4. The number of aromatic nitrogens is 1. The van der Waals surface area contributed by atoms with Crippen LogP contribution < -0.4 is 5.73 Å². The molecule has 1 aromatic heterocycles. The molecule has 0 saturated heterocycles. The van der Waals surface area contributed by atoms with Crippen LogP contribution in [0.5, 0.6) is 0 Å². The second-order valence-corrected chi connectivity index (χ2v) is 5.59. The van der Waals surface area contributed by atoms with Gasteiger partial charge in [0.2, 0.25) is 0 Å². The average molecular weight is 261 g/mol. The topological polar surface area (TPSA) is 42.2 Å². The van der Waals surface area contributed by atoms with Crippen LogP contribution in [-0.2, 0) is 6.54 Å². The van der Waals surface area contributed by atoms with Gasteiger partial charge in [0.15, 0.2) is 0 Å². The molecule has 0 bridgehead atoms. The molecule has 3 heteroatoms. The summed E-state index contributed by atoms with van der Waals surface area (Å²) < 4.78 is 0. The van der Waals surface area contributed by atoms with Crippen molar-refractivity contribution < 1.29 is 0 Å². The standard InChI is InChI=1S/C16H27N3/c1-2-19(13-15-9-6-7-11-18-15)16-10-5-3-4-8-14(16)12-17/h6-7,9,11,14,16H,2-5,8,10,12-13,17H2,1H3. The third-order valence-electron chi connectivity index (χ3n) is 4.39. The zero-order valence-electron chi connectivity index (χ0n) is 12.1. The minimum absolute atomic E-state index is 0.638. The Labute approximate surface area is 117 Å². The van der Waals surface area contributed by atoms with Crippen molar-refractivity contribution in [1.29, 1.82) is 0 Å². The Morgan fingerprint density at radius 1 is 1.26 bits per heavy atom. The first-order chi connectivity index (χ1) is 9.35. The fraction of sp³-hybridized carbons (Fsp3) is 0.688. The van der Waals surface area contributed by atoms with Gasteiger partial charge in [0.1, 0.15) is 0 Å². The summed E-state index contributed by atoms with van der Waals surface area (Å²) in [6.45, 7) is 5.11. The SMILES string of the molecule is CCN(Cc1ccccn1)C1CCCCCC1CN. The third kappa shape index (κ3) is 4.02. The van der Waals surface area contributed by atoms with E-state index in [9.17, 15) is 0 Å². The molecule has 1 fully saturated rings. The molecule has 1 aromatic rings. The highest BCUT2D eigenvalue weighted by atomic mass is 15.2. The van der Waals surface area contributed by atoms with Crippen LogP contribution in [0.4, 0.5) is 0 Å². The molecule has 3 nitrogen and oxygen atoms in total. The summed E-state index contributed by atoms with van der Waals surface area (Å²) in [6.07, 6.45) is 8.53. The molecule has 0 amide bonds. The van der Waals surface area contributed by atoms with Crippen molar-refractivity contribution in [2.24, 2.45) is 11.7 Å². The van der Waals surface area contributed by atoms with E-state index in [1.807, 2.05) is 12.3 Å². The van der Waals surface area contributed by atoms with Crippen LogP contribution in [0.15, 0.2) is 24.4 Å². The molecule has 2 unspecified atom stereocenters. The van der Waals surface area contributed by atoms with Crippen molar-refractivity contribution in [3.63, 3.8) is 0 Å². The predicted octanol–water partition coefficient (Wildman–Crippen LogP) is 2.81. The van der Waals surface area contributed by atoms with Crippen LogP contribution in [-0.4, -0.2) is 29.0 Å². The zero-order chi connectivity index (χ0) is 13.5. The molecule has 0 spiro atoms. The van der Waals surface area contributed by atoms with Gasteiger partial charge in [0.05, 0.1) is 5.69 Å². The Hall–Kier alpha value is -0.930. The molecule has 1 heterocycles. The number of pyridine rings is 1. The maximum Gasteiger partial charge on any atom is 0.0544 e. The van der Waals surface area contributed by atoms with Gasteiger partial charge in [0.25, 0.3) is 0 Å². The summed E-state index contributed by atoms with van der Waals surface area (Å²) in [4.78, 5) is 7.04. The summed E-state index contributed by atoms with van der Waals surface area (Å²) in [6, 6.07) is 6.81.